The number of aryl methyl sites for hydroxylation is 1. The number of carbonyl (C=O) groups excluding carboxylic acids is 1. The Labute approximate surface area is 155 Å². The van der Waals surface area contributed by atoms with E-state index >= 15 is 0 Å². The van der Waals surface area contributed by atoms with Gasteiger partial charge in [-0.15, -0.1) is 0 Å². The predicted octanol–water partition coefficient (Wildman–Crippen LogP) is 1.26. The molecule has 2 unspecified atom stereocenters. The number of benzene rings is 1. The second kappa shape index (κ2) is 7.65. The SMILES string of the molecule is COc1cccc(C2CN(C(=O)Cc3nonc3C)CC2C(=O)O)c1OC. The van der Waals surface area contributed by atoms with Crippen molar-refractivity contribution < 1.29 is 28.8 Å². The number of hydrogen-bond acceptors (Lipinski definition) is 7. The van der Waals surface area contributed by atoms with Gasteiger partial charge < -0.3 is 19.5 Å². The van der Waals surface area contributed by atoms with E-state index in [0.29, 0.717) is 28.5 Å². The molecule has 9 heteroatoms. The minimum atomic E-state index is -0.959. The molecule has 1 aromatic heterocycles. The fourth-order valence-corrected chi connectivity index (χ4v) is 3.44. The lowest BCUT2D eigenvalue weighted by Gasteiger charge is -2.20. The fraction of sp³-hybridized carbons (Fsp3) is 0.444. The van der Waals surface area contributed by atoms with Gasteiger partial charge in [-0.2, -0.15) is 0 Å². The summed E-state index contributed by atoms with van der Waals surface area (Å²) in [6, 6.07) is 5.34. The molecule has 1 aromatic carbocycles. The molecule has 0 saturated carbocycles. The number of likely N-dealkylation sites (tertiary alicyclic amines) is 1. The summed E-state index contributed by atoms with van der Waals surface area (Å²) >= 11 is 0. The van der Waals surface area contributed by atoms with Crippen LogP contribution in [0.4, 0.5) is 0 Å². The summed E-state index contributed by atoms with van der Waals surface area (Å²) in [6.07, 6.45) is 0.0175. The summed E-state index contributed by atoms with van der Waals surface area (Å²) in [5, 5.41) is 17.1. The maximum absolute atomic E-state index is 12.7. The van der Waals surface area contributed by atoms with Crippen LogP contribution in [0, 0.1) is 12.8 Å². The maximum atomic E-state index is 12.7. The van der Waals surface area contributed by atoms with E-state index in [4.69, 9.17) is 9.47 Å². The Hall–Kier alpha value is -3.10. The molecule has 2 atom stereocenters. The van der Waals surface area contributed by atoms with Gasteiger partial charge in [-0.1, -0.05) is 22.4 Å². The predicted molar refractivity (Wildman–Crippen MR) is 92.7 cm³/mol. The average Bonchev–Trinajstić information content (AvgIpc) is 3.27. The highest BCUT2D eigenvalue weighted by Gasteiger charge is 2.42. The first kappa shape index (κ1) is 18.7. The molecular weight excluding hydrogens is 354 g/mol. The second-order valence-electron chi connectivity index (χ2n) is 6.41. The minimum absolute atomic E-state index is 0.0175. The van der Waals surface area contributed by atoms with Gasteiger partial charge in [0.15, 0.2) is 11.5 Å². The summed E-state index contributed by atoms with van der Waals surface area (Å²) in [5.74, 6) is -1.32. The number of rotatable bonds is 6. The number of carbonyl (C=O) groups is 2. The quantitative estimate of drug-likeness (QED) is 0.802. The van der Waals surface area contributed by atoms with Gasteiger partial charge in [0.05, 0.1) is 26.6 Å². The topological polar surface area (TPSA) is 115 Å². The summed E-state index contributed by atoms with van der Waals surface area (Å²) < 4.78 is 15.4. The van der Waals surface area contributed by atoms with Crippen molar-refractivity contribution in [2.24, 2.45) is 5.92 Å². The van der Waals surface area contributed by atoms with Crippen LogP contribution in [0.3, 0.4) is 0 Å². The lowest BCUT2D eigenvalue weighted by molar-refractivity contribution is -0.141. The maximum Gasteiger partial charge on any atom is 0.308 e. The Bertz CT molecular complexity index is 849. The van der Waals surface area contributed by atoms with Crippen LogP contribution < -0.4 is 9.47 Å². The van der Waals surface area contributed by atoms with Gasteiger partial charge in [-0.05, 0) is 13.0 Å². The van der Waals surface area contributed by atoms with Gasteiger partial charge in [-0.25, -0.2) is 4.63 Å². The number of carboxylic acid groups (broad SMARTS) is 1. The normalized spacial score (nSPS) is 19.1. The number of methoxy groups -OCH3 is 2. The third-order valence-electron chi connectivity index (χ3n) is 4.89. The van der Waals surface area contributed by atoms with E-state index < -0.39 is 17.8 Å². The zero-order valence-corrected chi connectivity index (χ0v) is 15.3. The molecule has 0 aliphatic carbocycles. The molecule has 0 spiro atoms. The molecule has 1 fully saturated rings. The first-order valence-corrected chi connectivity index (χ1v) is 8.45. The number of hydrogen-bond donors (Lipinski definition) is 1. The Morgan fingerprint density at radius 3 is 2.63 bits per heavy atom. The van der Waals surface area contributed by atoms with E-state index in [9.17, 15) is 14.7 Å². The number of ether oxygens (including phenoxy) is 2. The number of para-hydroxylation sites is 1. The molecule has 2 aromatic rings. The Morgan fingerprint density at radius 2 is 2.04 bits per heavy atom. The Balaban J connectivity index is 1.87. The number of nitrogens with zero attached hydrogens (tertiary/aromatic N) is 3. The lowest BCUT2D eigenvalue weighted by Crippen LogP contribution is -2.31. The highest BCUT2D eigenvalue weighted by atomic mass is 16.6. The molecule has 1 aliphatic heterocycles. The molecule has 1 N–H and O–H groups in total. The lowest BCUT2D eigenvalue weighted by atomic mass is 9.88. The first-order chi connectivity index (χ1) is 13.0. The van der Waals surface area contributed by atoms with Crippen LogP contribution >= 0.6 is 0 Å². The van der Waals surface area contributed by atoms with Gasteiger partial charge in [0.1, 0.15) is 11.4 Å². The molecular formula is C18H21N3O6. The van der Waals surface area contributed by atoms with Crippen LogP contribution in [0.15, 0.2) is 22.8 Å². The molecule has 1 aliphatic rings. The van der Waals surface area contributed by atoms with Crippen molar-refractivity contribution in [3.05, 3.63) is 35.2 Å². The van der Waals surface area contributed by atoms with E-state index in [1.165, 1.54) is 19.1 Å². The van der Waals surface area contributed by atoms with Crippen LogP contribution in [-0.4, -0.2) is 59.5 Å². The smallest absolute Gasteiger partial charge is 0.308 e. The van der Waals surface area contributed by atoms with Crippen LogP contribution in [-0.2, 0) is 16.0 Å². The third kappa shape index (κ3) is 3.57. The van der Waals surface area contributed by atoms with Crippen molar-refractivity contribution in [1.29, 1.82) is 0 Å². The van der Waals surface area contributed by atoms with Gasteiger partial charge in [0, 0.05) is 24.6 Å². The molecule has 144 valence electrons. The zero-order chi connectivity index (χ0) is 19.6. The van der Waals surface area contributed by atoms with Crippen LogP contribution in [0.25, 0.3) is 0 Å². The molecule has 1 saturated heterocycles. The minimum Gasteiger partial charge on any atom is -0.493 e. The van der Waals surface area contributed by atoms with E-state index in [2.05, 4.69) is 14.9 Å². The van der Waals surface area contributed by atoms with E-state index in [0.717, 1.165) is 0 Å². The monoisotopic (exact) mass is 375 g/mol. The summed E-state index contributed by atoms with van der Waals surface area (Å²) in [4.78, 5) is 26.0. The molecule has 0 radical (unpaired) electrons. The molecule has 27 heavy (non-hydrogen) atoms. The van der Waals surface area contributed by atoms with Gasteiger partial charge >= 0.3 is 5.97 Å². The molecule has 1 amide bonds. The highest BCUT2D eigenvalue weighted by molar-refractivity contribution is 5.81. The standard InChI is InChI=1S/C18H21N3O6/c1-10-14(20-27-19-10)7-16(22)21-8-12(13(9-21)18(23)24)11-5-4-6-15(25-2)17(11)26-3/h4-6,12-13H,7-9H2,1-3H3,(H,23,24). The molecule has 2 heterocycles. The van der Waals surface area contributed by atoms with E-state index in [1.807, 2.05) is 6.07 Å². The average molecular weight is 375 g/mol. The third-order valence-corrected chi connectivity index (χ3v) is 4.89. The first-order valence-electron chi connectivity index (χ1n) is 8.45. The van der Waals surface area contributed by atoms with Crippen LogP contribution in [0.1, 0.15) is 22.9 Å². The van der Waals surface area contributed by atoms with Gasteiger partial charge in [-0.3, -0.25) is 9.59 Å². The fourth-order valence-electron chi connectivity index (χ4n) is 3.44. The molecule has 3 rings (SSSR count). The number of aromatic nitrogens is 2. The Morgan fingerprint density at radius 1 is 1.26 bits per heavy atom. The highest BCUT2D eigenvalue weighted by Crippen LogP contribution is 2.42. The summed E-state index contributed by atoms with van der Waals surface area (Å²) in [7, 11) is 3.03. The largest absolute Gasteiger partial charge is 0.493 e. The zero-order valence-electron chi connectivity index (χ0n) is 15.3. The number of amides is 1. The van der Waals surface area contributed by atoms with Crippen molar-refractivity contribution in [3.8, 4) is 11.5 Å². The van der Waals surface area contributed by atoms with E-state index in [-0.39, 0.29) is 25.4 Å². The van der Waals surface area contributed by atoms with Crippen molar-refractivity contribution >= 4 is 11.9 Å². The van der Waals surface area contributed by atoms with Crippen molar-refractivity contribution in [3.63, 3.8) is 0 Å². The molecule has 9 nitrogen and oxygen atoms in total. The summed E-state index contributed by atoms with van der Waals surface area (Å²) in [6.45, 7) is 2.08. The Kier molecular flexibility index (Phi) is 5.29. The number of aliphatic carboxylic acids is 1. The van der Waals surface area contributed by atoms with Gasteiger partial charge in [0.25, 0.3) is 0 Å². The van der Waals surface area contributed by atoms with Crippen molar-refractivity contribution in [2.75, 3.05) is 27.3 Å². The van der Waals surface area contributed by atoms with Crippen molar-refractivity contribution in [1.82, 2.24) is 15.2 Å². The van der Waals surface area contributed by atoms with Crippen LogP contribution in [0.5, 0.6) is 11.5 Å². The van der Waals surface area contributed by atoms with Crippen molar-refractivity contribution in [2.45, 2.75) is 19.3 Å². The number of carboxylic acids is 1. The van der Waals surface area contributed by atoms with Crippen LogP contribution in [0.2, 0.25) is 0 Å². The second-order valence-corrected chi connectivity index (χ2v) is 6.41. The molecule has 0 bridgehead atoms. The summed E-state index contributed by atoms with van der Waals surface area (Å²) in [5.41, 5.74) is 1.71. The van der Waals surface area contributed by atoms with Gasteiger partial charge in [0.2, 0.25) is 5.91 Å². The van der Waals surface area contributed by atoms with E-state index in [1.54, 1.807) is 19.1 Å².